The Morgan fingerprint density at radius 2 is 1.86 bits per heavy atom. The van der Waals surface area contributed by atoms with E-state index in [0.717, 1.165) is 24.8 Å². The normalized spacial score (nSPS) is 17.1. The first kappa shape index (κ1) is 16.3. The average Bonchev–Trinajstić information content (AvgIpc) is 2.48. The lowest BCUT2D eigenvalue weighted by Crippen LogP contribution is -2.35. The topological polar surface area (TPSA) is 46.6 Å². The SMILES string of the molecule is CCOc1ccc(C(C)C)cc1S(=O)(=O)N1CCCCC1. The summed E-state index contributed by atoms with van der Waals surface area (Å²) in [7, 11) is -3.46. The van der Waals surface area contributed by atoms with E-state index < -0.39 is 10.0 Å². The van der Waals surface area contributed by atoms with Crippen molar-refractivity contribution in [3.63, 3.8) is 0 Å². The molecule has 4 nitrogen and oxygen atoms in total. The van der Waals surface area contributed by atoms with Gasteiger partial charge in [-0.2, -0.15) is 4.31 Å². The van der Waals surface area contributed by atoms with Crippen molar-refractivity contribution in [2.24, 2.45) is 0 Å². The standard InChI is InChI=1S/C16H25NO3S/c1-4-20-15-9-8-14(13(2)3)12-16(15)21(18,19)17-10-6-5-7-11-17/h8-9,12-13H,4-7,10-11H2,1-3H3. The molecule has 1 saturated heterocycles. The van der Waals surface area contributed by atoms with Gasteiger partial charge < -0.3 is 4.74 Å². The van der Waals surface area contributed by atoms with Gasteiger partial charge in [-0.15, -0.1) is 0 Å². The highest BCUT2D eigenvalue weighted by Crippen LogP contribution is 2.31. The molecule has 0 bridgehead atoms. The molecule has 1 fully saturated rings. The van der Waals surface area contributed by atoms with Gasteiger partial charge in [-0.05, 0) is 43.4 Å². The number of rotatable bonds is 5. The Morgan fingerprint density at radius 1 is 1.19 bits per heavy atom. The maximum Gasteiger partial charge on any atom is 0.246 e. The highest BCUT2D eigenvalue weighted by Gasteiger charge is 2.29. The Morgan fingerprint density at radius 3 is 2.43 bits per heavy atom. The molecule has 0 N–H and O–H groups in total. The van der Waals surface area contributed by atoms with Crippen molar-refractivity contribution in [3.05, 3.63) is 23.8 Å². The molecule has 0 saturated carbocycles. The number of benzene rings is 1. The first-order chi connectivity index (χ1) is 9.96. The van der Waals surface area contributed by atoms with E-state index in [2.05, 4.69) is 13.8 Å². The van der Waals surface area contributed by atoms with E-state index in [9.17, 15) is 8.42 Å². The van der Waals surface area contributed by atoms with E-state index in [0.29, 0.717) is 30.3 Å². The predicted octanol–water partition coefficient (Wildman–Crippen LogP) is 3.38. The molecule has 1 aliphatic heterocycles. The third-order valence-corrected chi connectivity index (χ3v) is 5.79. The second-order valence-electron chi connectivity index (χ2n) is 5.76. The maximum absolute atomic E-state index is 12.9. The lowest BCUT2D eigenvalue weighted by atomic mass is 10.0. The van der Waals surface area contributed by atoms with Crippen LogP contribution < -0.4 is 4.74 Å². The van der Waals surface area contributed by atoms with Crippen LogP contribution in [0.1, 0.15) is 51.5 Å². The van der Waals surface area contributed by atoms with E-state index >= 15 is 0 Å². The lowest BCUT2D eigenvalue weighted by Gasteiger charge is -2.27. The molecule has 1 aromatic carbocycles. The molecule has 1 aromatic rings. The molecule has 0 aliphatic carbocycles. The number of piperidine rings is 1. The summed E-state index contributed by atoms with van der Waals surface area (Å²) in [5.41, 5.74) is 1.02. The number of ether oxygens (including phenoxy) is 1. The third-order valence-electron chi connectivity index (χ3n) is 3.87. The van der Waals surface area contributed by atoms with Gasteiger partial charge in [-0.25, -0.2) is 8.42 Å². The number of nitrogens with zero attached hydrogens (tertiary/aromatic N) is 1. The molecule has 0 aromatic heterocycles. The van der Waals surface area contributed by atoms with Crippen LogP contribution in [0.5, 0.6) is 5.75 Å². The molecule has 1 heterocycles. The molecule has 1 aliphatic rings. The van der Waals surface area contributed by atoms with Crippen LogP contribution in [0, 0.1) is 0 Å². The average molecular weight is 311 g/mol. The van der Waals surface area contributed by atoms with Crippen molar-refractivity contribution in [2.45, 2.75) is 50.8 Å². The first-order valence-electron chi connectivity index (χ1n) is 7.73. The minimum Gasteiger partial charge on any atom is -0.492 e. The summed E-state index contributed by atoms with van der Waals surface area (Å²) < 4.78 is 32.9. The van der Waals surface area contributed by atoms with E-state index in [1.54, 1.807) is 16.4 Å². The van der Waals surface area contributed by atoms with Crippen molar-refractivity contribution >= 4 is 10.0 Å². The molecule has 0 amide bonds. The van der Waals surface area contributed by atoms with E-state index in [1.807, 2.05) is 13.0 Å². The number of hydrogen-bond acceptors (Lipinski definition) is 3. The summed E-state index contributed by atoms with van der Waals surface area (Å²) in [6.07, 6.45) is 2.98. The van der Waals surface area contributed by atoms with Crippen LogP contribution >= 0.6 is 0 Å². The van der Waals surface area contributed by atoms with Crippen LogP contribution in [-0.2, 0) is 10.0 Å². The fraction of sp³-hybridized carbons (Fsp3) is 0.625. The van der Waals surface area contributed by atoms with Crippen molar-refractivity contribution in [2.75, 3.05) is 19.7 Å². The second kappa shape index (κ2) is 6.79. The van der Waals surface area contributed by atoms with Gasteiger partial charge in [0.1, 0.15) is 10.6 Å². The molecular formula is C16H25NO3S. The smallest absolute Gasteiger partial charge is 0.246 e. The quantitative estimate of drug-likeness (QED) is 0.837. The van der Waals surface area contributed by atoms with Crippen molar-refractivity contribution < 1.29 is 13.2 Å². The minimum absolute atomic E-state index is 0.288. The summed E-state index contributed by atoms with van der Waals surface area (Å²) in [4.78, 5) is 0.317. The Kier molecular flexibility index (Phi) is 5.27. The van der Waals surface area contributed by atoms with E-state index in [4.69, 9.17) is 4.74 Å². The molecule has 21 heavy (non-hydrogen) atoms. The molecule has 0 radical (unpaired) electrons. The zero-order valence-corrected chi connectivity index (χ0v) is 13.9. The molecule has 5 heteroatoms. The molecule has 118 valence electrons. The lowest BCUT2D eigenvalue weighted by molar-refractivity contribution is 0.322. The highest BCUT2D eigenvalue weighted by atomic mass is 32.2. The summed E-state index contributed by atoms with van der Waals surface area (Å²) in [5.74, 6) is 0.753. The van der Waals surface area contributed by atoms with Crippen LogP contribution in [0.15, 0.2) is 23.1 Å². The fourth-order valence-electron chi connectivity index (χ4n) is 2.60. The summed E-state index contributed by atoms with van der Waals surface area (Å²) >= 11 is 0. The Labute approximate surface area is 128 Å². The zero-order valence-electron chi connectivity index (χ0n) is 13.1. The predicted molar refractivity (Wildman–Crippen MR) is 84.3 cm³/mol. The van der Waals surface area contributed by atoms with Crippen molar-refractivity contribution in [1.82, 2.24) is 4.31 Å². The summed E-state index contributed by atoms with van der Waals surface area (Å²) in [6, 6.07) is 5.51. The van der Waals surface area contributed by atoms with Gasteiger partial charge in [0.15, 0.2) is 0 Å². The number of sulfonamides is 1. The van der Waals surface area contributed by atoms with Crippen LogP contribution in [0.2, 0.25) is 0 Å². The van der Waals surface area contributed by atoms with Gasteiger partial charge in [-0.3, -0.25) is 0 Å². The summed E-state index contributed by atoms with van der Waals surface area (Å²) in [5, 5.41) is 0. The second-order valence-corrected chi connectivity index (χ2v) is 7.66. The first-order valence-corrected chi connectivity index (χ1v) is 9.17. The Bertz CT molecular complexity index is 575. The van der Waals surface area contributed by atoms with Gasteiger partial charge in [0.05, 0.1) is 6.61 Å². The molecule has 0 spiro atoms. The van der Waals surface area contributed by atoms with E-state index in [1.165, 1.54) is 0 Å². The van der Waals surface area contributed by atoms with Crippen LogP contribution in [0.3, 0.4) is 0 Å². The number of hydrogen-bond donors (Lipinski definition) is 0. The van der Waals surface area contributed by atoms with Gasteiger partial charge in [-0.1, -0.05) is 26.3 Å². The van der Waals surface area contributed by atoms with Crippen LogP contribution in [0.25, 0.3) is 0 Å². The van der Waals surface area contributed by atoms with Gasteiger partial charge in [0, 0.05) is 13.1 Å². The van der Waals surface area contributed by atoms with Crippen LogP contribution in [-0.4, -0.2) is 32.4 Å². The molecular weight excluding hydrogens is 286 g/mol. The molecule has 0 unspecified atom stereocenters. The fourth-order valence-corrected chi connectivity index (χ4v) is 4.29. The maximum atomic E-state index is 12.9. The van der Waals surface area contributed by atoms with Crippen LogP contribution in [0.4, 0.5) is 0 Å². The van der Waals surface area contributed by atoms with Crippen molar-refractivity contribution in [3.8, 4) is 5.75 Å². The monoisotopic (exact) mass is 311 g/mol. The summed E-state index contributed by atoms with van der Waals surface area (Å²) in [6.45, 7) is 7.68. The van der Waals surface area contributed by atoms with Gasteiger partial charge >= 0.3 is 0 Å². The molecule has 0 atom stereocenters. The minimum atomic E-state index is -3.46. The van der Waals surface area contributed by atoms with Gasteiger partial charge in [0.25, 0.3) is 0 Å². The highest BCUT2D eigenvalue weighted by molar-refractivity contribution is 7.89. The van der Waals surface area contributed by atoms with Crippen molar-refractivity contribution in [1.29, 1.82) is 0 Å². The Hall–Kier alpha value is -1.07. The van der Waals surface area contributed by atoms with Gasteiger partial charge in [0.2, 0.25) is 10.0 Å². The third kappa shape index (κ3) is 3.58. The zero-order chi connectivity index (χ0) is 15.5. The molecule has 2 rings (SSSR count). The van der Waals surface area contributed by atoms with E-state index in [-0.39, 0.29) is 5.92 Å². The Balaban J connectivity index is 2.45. The largest absolute Gasteiger partial charge is 0.492 e.